The van der Waals surface area contributed by atoms with Gasteiger partial charge in [0, 0.05) is 25.0 Å². The molecule has 2 aromatic heterocycles. The summed E-state index contributed by atoms with van der Waals surface area (Å²) in [5.41, 5.74) is 1.39. The molecule has 2 atom stereocenters. The molecule has 3 heterocycles. The highest BCUT2D eigenvalue weighted by molar-refractivity contribution is 6.36. The Morgan fingerprint density at radius 3 is 2.91 bits per heavy atom. The van der Waals surface area contributed by atoms with Crippen molar-refractivity contribution < 1.29 is 4.79 Å². The van der Waals surface area contributed by atoms with E-state index >= 15 is 0 Å². The van der Waals surface area contributed by atoms with E-state index in [1.807, 2.05) is 6.20 Å². The Hall–Kier alpha value is -1.26. The van der Waals surface area contributed by atoms with Crippen molar-refractivity contribution in [3.8, 4) is 0 Å². The Morgan fingerprint density at radius 1 is 1.22 bits per heavy atom. The summed E-state index contributed by atoms with van der Waals surface area (Å²) < 4.78 is 1.79. The summed E-state index contributed by atoms with van der Waals surface area (Å²) in [4.78, 5) is 19.1. The average Bonchev–Trinajstić information content (AvgIpc) is 2.77. The standard InChI is InChI=1S/C17H19Cl2N3O/c18-12-6-14(19)17-20-13(10-21(17)9-12)7-16(23)22-8-11-4-2-1-3-5-15(11)22/h6,9-11,15H,1-5,7-8H2/t11-,15+/m0/s1. The Kier molecular flexibility index (Phi) is 3.98. The first-order valence-electron chi connectivity index (χ1n) is 8.24. The molecule has 1 aliphatic carbocycles. The number of aromatic nitrogens is 2. The van der Waals surface area contributed by atoms with Gasteiger partial charge in [-0.1, -0.05) is 42.5 Å². The van der Waals surface area contributed by atoms with Crippen LogP contribution >= 0.6 is 23.2 Å². The van der Waals surface area contributed by atoms with Crippen molar-refractivity contribution in [3.05, 3.63) is 34.2 Å². The largest absolute Gasteiger partial charge is 0.339 e. The highest BCUT2D eigenvalue weighted by Gasteiger charge is 2.41. The van der Waals surface area contributed by atoms with Crippen LogP contribution in [-0.2, 0) is 11.2 Å². The van der Waals surface area contributed by atoms with E-state index in [1.54, 1.807) is 16.7 Å². The highest BCUT2D eigenvalue weighted by atomic mass is 35.5. The summed E-state index contributed by atoms with van der Waals surface area (Å²) in [5, 5.41) is 1.06. The van der Waals surface area contributed by atoms with Gasteiger partial charge in [-0.2, -0.15) is 0 Å². The third kappa shape index (κ3) is 2.83. The lowest BCUT2D eigenvalue weighted by atomic mass is 9.84. The molecule has 1 saturated carbocycles. The van der Waals surface area contributed by atoms with E-state index in [9.17, 15) is 4.79 Å². The predicted molar refractivity (Wildman–Crippen MR) is 91.0 cm³/mol. The molecule has 4 nitrogen and oxygen atoms in total. The normalized spacial score (nSPS) is 24.2. The molecule has 0 radical (unpaired) electrons. The lowest BCUT2D eigenvalue weighted by Crippen LogP contribution is -2.58. The molecule has 0 N–H and O–H groups in total. The topological polar surface area (TPSA) is 37.6 Å². The van der Waals surface area contributed by atoms with E-state index < -0.39 is 0 Å². The van der Waals surface area contributed by atoms with E-state index in [1.165, 1.54) is 25.7 Å². The molecule has 2 aromatic rings. The van der Waals surface area contributed by atoms with Gasteiger partial charge in [-0.05, 0) is 24.8 Å². The molecular formula is C17H19Cl2N3O. The maximum Gasteiger partial charge on any atom is 0.228 e. The molecule has 122 valence electrons. The van der Waals surface area contributed by atoms with Crippen molar-refractivity contribution in [2.75, 3.05) is 6.54 Å². The van der Waals surface area contributed by atoms with Gasteiger partial charge in [0.05, 0.1) is 22.2 Å². The minimum Gasteiger partial charge on any atom is -0.339 e. The maximum atomic E-state index is 12.6. The van der Waals surface area contributed by atoms with Crippen LogP contribution in [-0.4, -0.2) is 32.8 Å². The Balaban J connectivity index is 1.50. The summed E-state index contributed by atoms with van der Waals surface area (Å²) in [6.45, 7) is 0.920. The smallest absolute Gasteiger partial charge is 0.228 e. The van der Waals surface area contributed by atoms with Crippen molar-refractivity contribution >= 4 is 34.8 Å². The molecule has 2 fully saturated rings. The zero-order valence-electron chi connectivity index (χ0n) is 12.8. The van der Waals surface area contributed by atoms with Gasteiger partial charge in [-0.15, -0.1) is 0 Å². The van der Waals surface area contributed by atoms with Gasteiger partial charge in [0.1, 0.15) is 0 Å². The quantitative estimate of drug-likeness (QED) is 0.820. The van der Waals surface area contributed by atoms with Crippen LogP contribution in [0.3, 0.4) is 0 Å². The van der Waals surface area contributed by atoms with Gasteiger partial charge in [0.2, 0.25) is 5.91 Å². The van der Waals surface area contributed by atoms with Crippen LogP contribution in [0.2, 0.25) is 10.0 Å². The molecule has 1 amide bonds. The number of pyridine rings is 1. The molecule has 23 heavy (non-hydrogen) atoms. The molecule has 2 aliphatic rings. The molecular weight excluding hydrogens is 333 g/mol. The van der Waals surface area contributed by atoms with Crippen LogP contribution in [0.5, 0.6) is 0 Å². The van der Waals surface area contributed by atoms with E-state index in [-0.39, 0.29) is 5.91 Å². The minimum absolute atomic E-state index is 0.179. The van der Waals surface area contributed by atoms with Gasteiger partial charge in [0.25, 0.3) is 0 Å². The fourth-order valence-electron chi connectivity index (χ4n) is 3.94. The van der Waals surface area contributed by atoms with Crippen molar-refractivity contribution in [2.24, 2.45) is 5.92 Å². The van der Waals surface area contributed by atoms with Crippen LogP contribution in [0.15, 0.2) is 18.5 Å². The third-order valence-electron chi connectivity index (χ3n) is 5.13. The second-order valence-electron chi connectivity index (χ2n) is 6.66. The van der Waals surface area contributed by atoms with Crippen molar-refractivity contribution in [2.45, 2.75) is 44.6 Å². The summed E-state index contributed by atoms with van der Waals surface area (Å²) in [7, 11) is 0. The lowest BCUT2D eigenvalue weighted by molar-refractivity contribution is -0.143. The van der Waals surface area contributed by atoms with Crippen molar-refractivity contribution in [1.29, 1.82) is 0 Å². The number of rotatable bonds is 2. The summed E-state index contributed by atoms with van der Waals surface area (Å²) in [5.74, 6) is 0.898. The number of nitrogens with zero attached hydrogens (tertiary/aromatic N) is 3. The summed E-state index contributed by atoms with van der Waals surface area (Å²) in [6.07, 6.45) is 10.2. The fourth-order valence-corrected chi connectivity index (χ4v) is 4.47. The first-order chi connectivity index (χ1) is 11.1. The number of hydrogen-bond acceptors (Lipinski definition) is 2. The SMILES string of the molecule is O=C(Cc1cn2cc(Cl)cc(Cl)c2n1)N1C[C@@H]2CCCCC[C@H]21. The number of carbonyl (C=O) groups excluding carboxylic acids is 1. The predicted octanol–water partition coefficient (Wildman–Crippen LogP) is 3.97. The van der Waals surface area contributed by atoms with Crippen LogP contribution in [0, 0.1) is 5.92 Å². The second kappa shape index (κ2) is 5.99. The summed E-state index contributed by atoms with van der Waals surface area (Å²) in [6, 6.07) is 2.13. The third-order valence-corrected chi connectivity index (χ3v) is 5.61. The lowest BCUT2D eigenvalue weighted by Gasteiger charge is -2.47. The average molecular weight is 352 g/mol. The monoisotopic (exact) mass is 351 g/mol. The van der Waals surface area contributed by atoms with Crippen LogP contribution in [0.1, 0.15) is 37.8 Å². The Morgan fingerprint density at radius 2 is 2.04 bits per heavy atom. The van der Waals surface area contributed by atoms with E-state index in [2.05, 4.69) is 9.88 Å². The van der Waals surface area contributed by atoms with Crippen LogP contribution in [0.25, 0.3) is 5.65 Å². The fraction of sp³-hybridized carbons (Fsp3) is 0.529. The Bertz CT molecular complexity index is 758. The first kappa shape index (κ1) is 15.3. The van der Waals surface area contributed by atoms with Gasteiger partial charge in [-0.3, -0.25) is 4.79 Å². The van der Waals surface area contributed by atoms with Gasteiger partial charge < -0.3 is 9.30 Å². The number of fused-ring (bicyclic) bond motifs is 2. The first-order valence-corrected chi connectivity index (χ1v) is 8.99. The second-order valence-corrected chi connectivity index (χ2v) is 7.50. The number of halogens is 2. The molecule has 0 unspecified atom stereocenters. The van der Waals surface area contributed by atoms with Crippen LogP contribution in [0.4, 0.5) is 0 Å². The highest BCUT2D eigenvalue weighted by Crippen LogP contribution is 2.36. The van der Waals surface area contributed by atoms with Crippen LogP contribution < -0.4 is 0 Å². The molecule has 1 aliphatic heterocycles. The molecule has 1 saturated heterocycles. The number of hydrogen-bond donors (Lipinski definition) is 0. The Labute approximate surface area is 145 Å². The molecule has 0 spiro atoms. The minimum atomic E-state index is 0.179. The number of amides is 1. The van der Waals surface area contributed by atoms with Gasteiger partial charge in [-0.25, -0.2) is 4.98 Å². The molecule has 0 bridgehead atoms. The number of imidazole rings is 1. The van der Waals surface area contributed by atoms with Crippen molar-refractivity contribution in [3.63, 3.8) is 0 Å². The molecule has 0 aromatic carbocycles. The molecule has 4 rings (SSSR count). The van der Waals surface area contributed by atoms with E-state index in [4.69, 9.17) is 23.2 Å². The van der Waals surface area contributed by atoms with Crippen molar-refractivity contribution in [1.82, 2.24) is 14.3 Å². The maximum absolute atomic E-state index is 12.6. The number of likely N-dealkylation sites (tertiary alicyclic amines) is 1. The van der Waals surface area contributed by atoms with E-state index in [0.717, 1.165) is 24.6 Å². The van der Waals surface area contributed by atoms with Gasteiger partial charge in [0.15, 0.2) is 5.65 Å². The van der Waals surface area contributed by atoms with Gasteiger partial charge >= 0.3 is 0 Å². The zero-order valence-corrected chi connectivity index (χ0v) is 14.4. The zero-order chi connectivity index (χ0) is 16.0. The number of carbonyl (C=O) groups is 1. The van der Waals surface area contributed by atoms with E-state index in [0.29, 0.717) is 28.2 Å². The molecule has 6 heteroatoms. The summed E-state index contributed by atoms with van der Waals surface area (Å²) >= 11 is 12.2.